The molecule has 2 aliphatic rings. The van der Waals surface area contributed by atoms with Crippen molar-refractivity contribution in [2.24, 2.45) is 0 Å². The van der Waals surface area contributed by atoms with Gasteiger partial charge in [-0.15, -0.1) is 0 Å². The Morgan fingerprint density at radius 3 is 2.40 bits per heavy atom. The number of hydrogen-bond acceptors (Lipinski definition) is 6. The lowest BCUT2D eigenvalue weighted by molar-refractivity contribution is -0.141. The number of benzene rings is 3. The first kappa shape index (κ1) is 27.0. The summed E-state index contributed by atoms with van der Waals surface area (Å²) in [6.07, 6.45) is -1.11. The number of aliphatic hydroxyl groups excluding tert-OH is 1. The Morgan fingerprint density at radius 1 is 1.02 bits per heavy atom. The molecule has 6 rings (SSSR count). The quantitative estimate of drug-likeness (QED) is 0.250. The van der Waals surface area contributed by atoms with Crippen molar-refractivity contribution in [2.75, 3.05) is 12.0 Å². The summed E-state index contributed by atoms with van der Waals surface area (Å²) in [5, 5.41) is 22.6. The van der Waals surface area contributed by atoms with Crippen LogP contribution in [-0.4, -0.2) is 69.2 Å². The average Bonchev–Trinajstić information content (AvgIpc) is 3.48. The number of H-pyrrole nitrogens is 1. The standard InChI is InChI=1S/C31H28N4O7/c1-16(36)25(30(39)40)33-28(37)20-8-4-6-10-23(20)35-29(38)24-15-21-19-7-3-5-9-22(19)32-26(21)27(34(24)31(35)41)17-11-13-18(42-2)14-12-17/h3-14,16,24-25,27,32,36H,15H2,1-2H3,(H,33,37)(H,39,40)/t16-,24+,25-,27-/m1/s1. The molecule has 4 atom stereocenters. The minimum Gasteiger partial charge on any atom is -0.497 e. The number of ether oxygens (including phenoxy) is 1. The van der Waals surface area contributed by atoms with Gasteiger partial charge in [-0.25, -0.2) is 14.5 Å². The van der Waals surface area contributed by atoms with E-state index in [0.717, 1.165) is 32.6 Å². The molecular formula is C31H28N4O7. The molecule has 0 aliphatic carbocycles. The molecule has 11 nitrogen and oxygen atoms in total. The predicted octanol–water partition coefficient (Wildman–Crippen LogP) is 3.22. The topological polar surface area (TPSA) is 152 Å². The molecule has 1 saturated heterocycles. The lowest BCUT2D eigenvalue weighted by atomic mass is 9.89. The minimum absolute atomic E-state index is 0.0242. The highest BCUT2D eigenvalue weighted by atomic mass is 16.5. The Kier molecular flexibility index (Phi) is 6.66. The van der Waals surface area contributed by atoms with Gasteiger partial charge >= 0.3 is 12.0 Å². The highest BCUT2D eigenvalue weighted by Gasteiger charge is 2.53. The summed E-state index contributed by atoms with van der Waals surface area (Å²) in [7, 11) is 1.56. The van der Waals surface area contributed by atoms with Gasteiger partial charge in [-0.1, -0.05) is 42.5 Å². The number of nitrogens with zero attached hydrogens (tertiary/aromatic N) is 2. The van der Waals surface area contributed by atoms with Gasteiger partial charge in [0.2, 0.25) is 0 Å². The number of aliphatic hydroxyl groups is 1. The van der Waals surface area contributed by atoms with Crippen LogP contribution in [0.5, 0.6) is 5.75 Å². The van der Waals surface area contributed by atoms with Crippen LogP contribution in [0, 0.1) is 0 Å². The van der Waals surface area contributed by atoms with Gasteiger partial charge in [0.25, 0.3) is 11.8 Å². The van der Waals surface area contributed by atoms with Crippen LogP contribution < -0.4 is 15.0 Å². The number of aromatic nitrogens is 1. The summed E-state index contributed by atoms with van der Waals surface area (Å²) >= 11 is 0. The van der Waals surface area contributed by atoms with Crippen molar-refractivity contribution in [3.63, 3.8) is 0 Å². The normalized spacial score (nSPS) is 19.3. The van der Waals surface area contributed by atoms with E-state index in [9.17, 15) is 29.4 Å². The summed E-state index contributed by atoms with van der Waals surface area (Å²) in [6.45, 7) is 1.24. The molecule has 4 amide bonds. The maximum atomic E-state index is 14.2. The molecule has 0 unspecified atom stereocenters. The van der Waals surface area contributed by atoms with E-state index in [-0.39, 0.29) is 17.7 Å². The Morgan fingerprint density at radius 2 is 1.71 bits per heavy atom. The molecule has 42 heavy (non-hydrogen) atoms. The highest BCUT2D eigenvalue weighted by Crippen LogP contribution is 2.45. The van der Waals surface area contributed by atoms with Crippen LogP contribution in [0.1, 0.15) is 40.1 Å². The number of imide groups is 1. The third-order valence-corrected chi connectivity index (χ3v) is 7.91. The third kappa shape index (κ3) is 4.25. The van der Waals surface area contributed by atoms with E-state index < -0.39 is 48.0 Å². The highest BCUT2D eigenvalue weighted by molar-refractivity contribution is 6.24. The third-order valence-electron chi connectivity index (χ3n) is 7.91. The van der Waals surface area contributed by atoms with Crippen LogP contribution in [0.15, 0.2) is 72.8 Å². The fraction of sp³-hybridized carbons (Fsp3) is 0.226. The first-order chi connectivity index (χ1) is 20.2. The average molecular weight is 569 g/mol. The molecule has 0 bridgehead atoms. The number of aliphatic carboxylic acids is 1. The Bertz CT molecular complexity index is 1730. The van der Waals surface area contributed by atoms with Crippen LogP contribution in [-0.2, 0) is 16.0 Å². The Hall–Kier alpha value is -5.16. The number of carboxylic acid groups (broad SMARTS) is 1. The molecule has 0 saturated carbocycles. The number of carbonyl (C=O) groups is 4. The molecule has 3 heterocycles. The number of methoxy groups -OCH3 is 1. The second-order valence-corrected chi connectivity index (χ2v) is 10.4. The number of rotatable bonds is 7. The molecular weight excluding hydrogens is 540 g/mol. The van der Waals surface area contributed by atoms with Crippen molar-refractivity contribution in [1.29, 1.82) is 0 Å². The van der Waals surface area contributed by atoms with E-state index in [2.05, 4.69) is 10.3 Å². The second-order valence-electron chi connectivity index (χ2n) is 10.4. The van der Waals surface area contributed by atoms with Gasteiger partial charge in [0.1, 0.15) is 17.8 Å². The summed E-state index contributed by atoms with van der Waals surface area (Å²) in [6, 6.07) is 17.4. The first-order valence-corrected chi connectivity index (χ1v) is 13.4. The zero-order chi connectivity index (χ0) is 29.7. The van der Waals surface area contributed by atoms with Crippen molar-refractivity contribution in [2.45, 2.75) is 37.6 Å². The summed E-state index contributed by atoms with van der Waals surface area (Å²) in [4.78, 5) is 59.1. The van der Waals surface area contributed by atoms with Crippen molar-refractivity contribution >= 4 is 40.4 Å². The molecule has 0 spiro atoms. The van der Waals surface area contributed by atoms with Crippen LogP contribution >= 0.6 is 0 Å². The maximum absolute atomic E-state index is 14.2. The number of carbonyl (C=O) groups excluding carboxylic acids is 3. The second kappa shape index (κ2) is 10.3. The molecule has 214 valence electrons. The van der Waals surface area contributed by atoms with E-state index in [1.165, 1.54) is 24.0 Å². The van der Waals surface area contributed by atoms with Gasteiger partial charge in [-0.2, -0.15) is 0 Å². The maximum Gasteiger partial charge on any atom is 0.332 e. The molecule has 1 aromatic heterocycles. The number of urea groups is 1. The van der Waals surface area contributed by atoms with E-state index in [0.29, 0.717) is 5.75 Å². The lowest BCUT2D eigenvalue weighted by Gasteiger charge is -2.36. The summed E-state index contributed by atoms with van der Waals surface area (Å²) in [5.41, 5.74) is 3.35. The van der Waals surface area contributed by atoms with E-state index in [4.69, 9.17) is 4.74 Å². The fourth-order valence-corrected chi connectivity index (χ4v) is 5.90. The van der Waals surface area contributed by atoms with E-state index in [1.54, 1.807) is 31.4 Å². The number of amides is 4. The fourth-order valence-electron chi connectivity index (χ4n) is 5.90. The molecule has 0 radical (unpaired) electrons. The van der Waals surface area contributed by atoms with Crippen molar-refractivity contribution in [3.05, 3.63) is 95.2 Å². The number of nitrogens with one attached hydrogen (secondary N) is 2. The smallest absolute Gasteiger partial charge is 0.332 e. The van der Waals surface area contributed by atoms with Gasteiger partial charge in [-0.05, 0) is 48.4 Å². The van der Waals surface area contributed by atoms with Crippen LogP contribution in [0.4, 0.5) is 10.5 Å². The number of anilines is 1. The van der Waals surface area contributed by atoms with Crippen molar-refractivity contribution in [1.82, 2.24) is 15.2 Å². The van der Waals surface area contributed by atoms with Crippen molar-refractivity contribution in [3.8, 4) is 5.75 Å². The van der Waals surface area contributed by atoms with Gasteiger partial charge in [0, 0.05) is 23.0 Å². The van der Waals surface area contributed by atoms with Crippen LogP contribution in [0.3, 0.4) is 0 Å². The molecule has 1 fully saturated rings. The molecule has 4 N–H and O–H groups in total. The van der Waals surface area contributed by atoms with Gasteiger partial charge in [0.05, 0.1) is 24.5 Å². The zero-order valence-corrected chi connectivity index (χ0v) is 22.8. The molecule has 2 aliphatic heterocycles. The Labute approximate surface area is 240 Å². The predicted molar refractivity (Wildman–Crippen MR) is 152 cm³/mol. The first-order valence-electron chi connectivity index (χ1n) is 13.4. The van der Waals surface area contributed by atoms with Gasteiger partial charge in [-0.3, -0.25) is 14.5 Å². The molecule has 4 aromatic rings. The van der Waals surface area contributed by atoms with Crippen molar-refractivity contribution < 1.29 is 34.1 Å². The number of fused-ring (bicyclic) bond motifs is 4. The van der Waals surface area contributed by atoms with Crippen LogP contribution in [0.2, 0.25) is 0 Å². The number of hydrogen-bond donors (Lipinski definition) is 4. The largest absolute Gasteiger partial charge is 0.497 e. The number of para-hydroxylation sites is 2. The minimum atomic E-state index is -1.58. The lowest BCUT2D eigenvalue weighted by Crippen LogP contribution is -2.48. The number of carboxylic acids is 1. The number of aromatic amines is 1. The van der Waals surface area contributed by atoms with E-state index >= 15 is 0 Å². The zero-order valence-electron chi connectivity index (χ0n) is 22.8. The van der Waals surface area contributed by atoms with Gasteiger partial charge in [0.15, 0.2) is 6.04 Å². The van der Waals surface area contributed by atoms with Crippen LogP contribution in [0.25, 0.3) is 10.9 Å². The van der Waals surface area contributed by atoms with Gasteiger partial charge < -0.3 is 25.3 Å². The SMILES string of the molecule is COc1ccc([C@@H]2c3[nH]c4ccccc4c3C[C@H]3C(=O)N(c4ccccc4C(=O)N[C@@H](C(=O)O)[C@@H](C)O)C(=O)N23)cc1. The Balaban J connectivity index is 1.44. The monoisotopic (exact) mass is 568 g/mol. The molecule has 11 heteroatoms. The summed E-state index contributed by atoms with van der Waals surface area (Å²) < 4.78 is 5.33. The van der Waals surface area contributed by atoms with E-state index in [1.807, 2.05) is 36.4 Å². The summed E-state index contributed by atoms with van der Waals surface area (Å²) in [5.74, 6) is -2.12. The molecule has 3 aromatic carbocycles.